The maximum atomic E-state index is 11.6. The van der Waals surface area contributed by atoms with Crippen LogP contribution in [0.25, 0.3) is 0 Å². The molecule has 0 aliphatic carbocycles. The summed E-state index contributed by atoms with van der Waals surface area (Å²) in [7, 11) is 0. The van der Waals surface area contributed by atoms with Crippen LogP contribution in [0.3, 0.4) is 0 Å². The molecule has 0 bridgehead atoms. The van der Waals surface area contributed by atoms with E-state index in [4.69, 9.17) is 0 Å². The fourth-order valence-electron chi connectivity index (χ4n) is 2.16. The summed E-state index contributed by atoms with van der Waals surface area (Å²) in [4.78, 5) is 27.8. The summed E-state index contributed by atoms with van der Waals surface area (Å²) >= 11 is 0. The Bertz CT molecular complexity index is 586. The number of nitrogens with zero attached hydrogens (tertiary/aromatic N) is 1. The zero-order chi connectivity index (χ0) is 17.9. The molecule has 2 atom stereocenters. The van der Waals surface area contributed by atoms with Gasteiger partial charge < -0.3 is 10.6 Å². The molecular formula is C19H23N3O2. The van der Waals surface area contributed by atoms with E-state index in [2.05, 4.69) is 41.9 Å². The number of rotatable bonds is 10. The Kier molecular flexibility index (Phi) is 7.91. The molecule has 1 heterocycles. The highest BCUT2D eigenvalue weighted by molar-refractivity contribution is 5.87. The molecule has 0 unspecified atom stereocenters. The van der Waals surface area contributed by atoms with Gasteiger partial charge in [-0.05, 0) is 37.1 Å². The van der Waals surface area contributed by atoms with Crippen LogP contribution >= 0.6 is 0 Å². The van der Waals surface area contributed by atoms with Crippen molar-refractivity contribution < 1.29 is 9.59 Å². The third-order valence-electron chi connectivity index (χ3n) is 3.31. The highest BCUT2D eigenvalue weighted by Gasteiger charge is 2.17. The minimum Gasteiger partial charge on any atom is -0.344 e. The van der Waals surface area contributed by atoms with Crippen LogP contribution in [0.5, 0.6) is 0 Å². The summed E-state index contributed by atoms with van der Waals surface area (Å²) in [6, 6.07) is 4.85. The fraction of sp³-hybridized carbons (Fsp3) is 0.211. The van der Waals surface area contributed by atoms with E-state index >= 15 is 0 Å². The number of hydrogen-bond acceptors (Lipinski definition) is 3. The van der Waals surface area contributed by atoms with E-state index in [1.807, 2.05) is 18.2 Å². The standard InChI is InChI=1S/C19H23N3O2/c1-5-10-14(21-18(23)7-3)16-12-9-13-17(20-16)15(11-6-2)22-19(24)8-4/h5-9,12-15H,1-4,10-11H2,(H,21,23)(H,22,24)/t14-,15-/m0/s1. The minimum atomic E-state index is -0.313. The van der Waals surface area contributed by atoms with Gasteiger partial charge in [0.2, 0.25) is 11.8 Å². The van der Waals surface area contributed by atoms with Crippen molar-refractivity contribution in [2.75, 3.05) is 0 Å². The number of aromatic nitrogens is 1. The minimum absolute atomic E-state index is 0.281. The number of amides is 2. The van der Waals surface area contributed by atoms with E-state index in [0.29, 0.717) is 24.2 Å². The summed E-state index contributed by atoms with van der Waals surface area (Å²) in [6.07, 6.45) is 6.91. The summed E-state index contributed by atoms with van der Waals surface area (Å²) in [5.41, 5.74) is 1.37. The molecule has 1 aromatic heterocycles. The molecule has 126 valence electrons. The van der Waals surface area contributed by atoms with Crippen LogP contribution in [0.15, 0.2) is 68.8 Å². The van der Waals surface area contributed by atoms with E-state index < -0.39 is 0 Å². The van der Waals surface area contributed by atoms with Crippen LogP contribution < -0.4 is 10.6 Å². The molecule has 2 amide bonds. The molecule has 5 nitrogen and oxygen atoms in total. The molecule has 5 heteroatoms. The van der Waals surface area contributed by atoms with Gasteiger partial charge >= 0.3 is 0 Å². The molecule has 0 saturated heterocycles. The van der Waals surface area contributed by atoms with Crippen molar-refractivity contribution in [3.8, 4) is 0 Å². The van der Waals surface area contributed by atoms with Gasteiger partial charge in [0.05, 0.1) is 23.5 Å². The number of hydrogen-bond donors (Lipinski definition) is 2. The molecule has 24 heavy (non-hydrogen) atoms. The Labute approximate surface area is 142 Å². The summed E-state index contributed by atoms with van der Waals surface area (Å²) in [5, 5.41) is 5.64. The van der Waals surface area contributed by atoms with E-state index in [1.165, 1.54) is 12.2 Å². The van der Waals surface area contributed by atoms with Crippen LogP contribution in [0.2, 0.25) is 0 Å². The Morgan fingerprint density at radius 2 is 1.33 bits per heavy atom. The first kappa shape index (κ1) is 19.1. The van der Waals surface area contributed by atoms with Crippen LogP contribution in [-0.2, 0) is 9.59 Å². The Morgan fingerprint density at radius 1 is 0.917 bits per heavy atom. The molecule has 0 fully saturated rings. The van der Waals surface area contributed by atoms with E-state index in [9.17, 15) is 9.59 Å². The van der Waals surface area contributed by atoms with Crippen LogP contribution in [0.4, 0.5) is 0 Å². The van der Waals surface area contributed by atoms with Gasteiger partial charge in [-0.1, -0.05) is 31.4 Å². The van der Waals surface area contributed by atoms with Crippen molar-refractivity contribution in [1.82, 2.24) is 15.6 Å². The van der Waals surface area contributed by atoms with Crippen LogP contribution in [-0.4, -0.2) is 16.8 Å². The number of nitrogens with one attached hydrogen (secondary N) is 2. The third-order valence-corrected chi connectivity index (χ3v) is 3.31. The predicted octanol–water partition coefficient (Wildman–Crippen LogP) is 2.92. The molecule has 0 aliphatic heterocycles. The maximum Gasteiger partial charge on any atom is 0.243 e. The normalized spacial score (nSPS) is 12.3. The molecule has 0 aliphatic rings. The Hall–Kier alpha value is -2.95. The van der Waals surface area contributed by atoms with Crippen molar-refractivity contribution in [1.29, 1.82) is 0 Å². The van der Waals surface area contributed by atoms with Gasteiger partial charge in [0.15, 0.2) is 0 Å². The maximum absolute atomic E-state index is 11.6. The van der Waals surface area contributed by atoms with Gasteiger partial charge in [-0.2, -0.15) is 0 Å². The van der Waals surface area contributed by atoms with Gasteiger partial charge in [0.1, 0.15) is 0 Å². The molecule has 0 aromatic carbocycles. The van der Waals surface area contributed by atoms with Gasteiger partial charge in [-0.3, -0.25) is 14.6 Å². The van der Waals surface area contributed by atoms with Crippen molar-refractivity contribution in [3.05, 3.63) is 80.2 Å². The fourth-order valence-corrected chi connectivity index (χ4v) is 2.16. The number of carbonyl (C=O) groups is 2. The lowest BCUT2D eigenvalue weighted by Crippen LogP contribution is -2.29. The lowest BCUT2D eigenvalue weighted by Gasteiger charge is -2.20. The molecule has 0 saturated carbocycles. The van der Waals surface area contributed by atoms with Crippen molar-refractivity contribution >= 4 is 11.8 Å². The average molecular weight is 325 g/mol. The lowest BCUT2D eigenvalue weighted by atomic mass is 10.1. The molecular weight excluding hydrogens is 302 g/mol. The SMILES string of the molecule is C=CC[C@H](NC(=O)C=C)c1cccc([C@H](CC=C)NC(=O)C=C)n1. The second kappa shape index (κ2) is 9.94. The molecule has 0 spiro atoms. The smallest absolute Gasteiger partial charge is 0.243 e. The first-order chi connectivity index (χ1) is 11.5. The van der Waals surface area contributed by atoms with E-state index in [1.54, 1.807) is 12.2 Å². The van der Waals surface area contributed by atoms with Crippen LogP contribution in [0, 0.1) is 0 Å². The van der Waals surface area contributed by atoms with Crippen molar-refractivity contribution in [2.24, 2.45) is 0 Å². The zero-order valence-electron chi connectivity index (χ0n) is 13.7. The number of carbonyl (C=O) groups excluding carboxylic acids is 2. The van der Waals surface area contributed by atoms with Gasteiger partial charge in [-0.25, -0.2) is 0 Å². The first-order valence-electron chi connectivity index (χ1n) is 7.60. The molecule has 2 N–H and O–H groups in total. The van der Waals surface area contributed by atoms with Gasteiger partial charge in [0.25, 0.3) is 0 Å². The quantitative estimate of drug-likeness (QED) is 0.513. The topological polar surface area (TPSA) is 71.1 Å². The summed E-state index contributed by atoms with van der Waals surface area (Å²) in [5.74, 6) is -0.562. The highest BCUT2D eigenvalue weighted by atomic mass is 16.2. The predicted molar refractivity (Wildman–Crippen MR) is 96.0 cm³/mol. The Morgan fingerprint density at radius 3 is 1.67 bits per heavy atom. The summed E-state index contributed by atoms with van der Waals surface area (Å²) < 4.78 is 0. The van der Waals surface area contributed by atoms with E-state index in [-0.39, 0.29) is 23.9 Å². The van der Waals surface area contributed by atoms with Crippen molar-refractivity contribution in [2.45, 2.75) is 24.9 Å². The van der Waals surface area contributed by atoms with Gasteiger partial charge in [0, 0.05) is 0 Å². The summed E-state index contributed by atoms with van der Waals surface area (Å²) in [6.45, 7) is 14.3. The monoisotopic (exact) mass is 325 g/mol. The molecule has 0 radical (unpaired) electrons. The average Bonchev–Trinajstić information content (AvgIpc) is 2.60. The largest absolute Gasteiger partial charge is 0.344 e. The first-order valence-corrected chi connectivity index (χ1v) is 7.60. The molecule has 1 aromatic rings. The Balaban J connectivity index is 3.10. The molecule has 1 rings (SSSR count). The second-order valence-corrected chi connectivity index (χ2v) is 5.07. The van der Waals surface area contributed by atoms with E-state index in [0.717, 1.165) is 0 Å². The van der Waals surface area contributed by atoms with Crippen LogP contribution in [0.1, 0.15) is 36.3 Å². The van der Waals surface area contributed by atoms with Gasteiger partial charge in [-0.15, -0.1) is 13.2 Å². The number of pyridine rings is 1. The second-order valence-electron chi connectivity index (χ2n) is 5.07. The lowest BCUT2D eigenvalue weighted by molar-refractivity contribution is -0.118. The zero-order valence-corrected chi connectivity index (χ0v) is 13.7. The highest BCUT2D eigenvalue weighted by Crippen LogP contribution is 2.20. The van der Waals surface area contributed by atoms with Crippen molar-refractivity contribution in [3.63, 3.8) is 0 Å². The third kappa shape index (κ3) is 5.68.